The second-order valence-electron chi connectivity index (χ2n) is 5.63. The van der Waals surface area contributed by atoms with Crippen LogP contribution in [-0.4, -0.2) is 52.6 Å². The minimum atomic E-state index is -0.892. The van der Waals surface area contributed by atoms with Crippen LogP contribution in [0.2, 0.25) is 0 Å². The van der Waals surface area contributed by atoms with Crippen LogP contribution in [0, 0.1) is 5.92 Å². The molecule has 2 amide bonds. The molecule has 0 bridgehead atoms. The summed E-state index contributed by atoms with van der Waals surface area (Å²) in [5.41, 5.74) is 0. The standard InChI is InChI=1S/C14H26N2O3/c1-5-7-11(3)15(4)14(19)16-9-6-8-10(2)12(16)13(17)18/h10-12H,5-9H2,1-4H3,(H,17,18). The summed E-state index contributed by atoms with van der Waals surface area (Å²) in [4.78, 5) is 27.1. The molecular formula is C14H26N2O3. The molecule has 110 valence electrons. The van der Waals surface area contributed by atoms with E-state index < -0.39 is 12.0 Å². The number of hydrogen-bond acceptors (Lipinski definition) is 2. The van der Waals surface area contributed by atoms with Gasteiger partial charge in [0.25, 0.3) is 0 Å². The molecule has 5 nitrogen and oxygen atoms in total. The number of aliphatic carboxylic acids is 1. The molecule has 1 saturated heterocycles. The van der Waals surface area contributed by atoms with Crippen molar-refractivity contribution in [3.05, 3.63) is 0 Å². The number of carboxylic acid groups (broad SMARTS) is 1. The van der Waals surface area contributed by atoms with Crippen molar-refractivity contribution in [2.24, 2.45) is 5.92 Å². The predicted octanol–water partition coefficient (Wildman–Crippen LogP) is 2.41. The number of amides is 2. The van der Waals surface area contributed by atoms with Gasteiger partial charge in [-0.3, -0.25) is 0 Å². The zero-order valence-corrected chi connectivity index (χ0v) is 12.4. The van der Waals surface area contributed by atoms with Gasteiger partial charge >= 0.3 is 12.0 Å². The summed E-state index contributed by atoms with van der Waals surface area (Å²) in [6.07, 6.45) is 3.70. The van der Waals surface area contributed by atoms with Gasteiger partial charge in [0.15, 0.2) is 0 Å². The van der Waals surface area contributed by atoms with E-state index >= 15 is 0 Å². The third-order valence-electron chi connectivity index (χ3n) is 4.10. The lowest BCUT2D eigenvalue weighted by Gasteiger charge is -2.40. The largest absolute Gasteiger partial charge is 0.480 e. The lowest BCUT2D eigenvalue weighted by Crippen LogP contribution is -2.56. The Morgan fingerprint density at radius 2 is 2.11 bits per heavy atom. The van der Waals surface area contributed by atoms with Crippen molar-refractivity contribution in [3.63, 3.8) is 0 Å². The first kappa shape index (κ1) is 15.8. The Kier molecular flexibility index (Phi) is 5.63. The number of piperidine rings is 1. The van der Waals surface area contributed by atoms with Crippen LogP contribution in [0.15, 0.2) is 0 Å². The summed E-state index contributed by atoms with van der Waals surface area (Å²) < 4.78 is 0. The minimum absolute atomic E-state index is 0.0186. The first-order valence-corrected chi connectivity index (χ1v) is 7.16. The van der Waals surface area contributed by atoms with Crippen molar-refractivity contribution in [1.82, 2.24) is 9.80 Å². The van der Waals surface area contributed by atoms with E-state index in [0.717, 1.165) is 25.7 Å². The Morgan fingerprint density at radius 3 is 2.63 bits per heavy atom. The van der Waals surface area contributed by atoms with Gasteiger partial charge in [0.2, 0.25) is 0 Å². The number of urea groups is 1. The fourth-order valence-electron chi connectivity index (χ4n) is 2.78. The minimum Gasteiger partial charge on any atom is -0.480 e. The maximum absolute atomic E-state index is 12.5. The average Bonchev–Trinajstić information content (AvgIpc) is 2.36. The molecule has 0 spiro atoms. The summed E-state index contributed by atoms with van der Waals surface area (Å²) in [5, 5.41) is 9.34. The number of rotatable bonds is 4. The topological polar surface area (TPSA) is 60.9 Å². The quantitative estimate of drug-likeness (QED) is 0.853. The first-order valence-electron chi connectivity index (χ1n) is 7.16. The molecule has 0 aliphatic carbocycles. The predicted molar refractivity (Wildman–Crippen MR) is 74.1 cm³/mol. The molecule has 19 heavy (non-hydrogen) atoms. The highest BCUT2D eigenvalue weighted by molar-refractivity contribution is 5.83. The van der Waals surface area contributed by atoms with Crippen LogP contribution in [0.4, 0.5) is 4.79 Å². The van der Waals surface area contributed by atoms with E-state index in [-0.39, 0.29) is 18.0 Å². The Morgan fingerprint density at radius 1 is 1.47 bits per heavy atom. The lowest BCUT2D eigenvalue weighted by molar-refractivity contribution is -0.145. The van der Waals surface area contributed by atoms with E-state index in [1.807, 2.05) is 13.8 Å². The van der Waals surface area contributed by atoms with Crippen molar-refractivity contribution < 1.29 is 14.7 Å². The van der Waals surface area contributed by atoms with Crippen molar-refractivity contribution in [2.45, 2.75) is 58.5 Å². The van der Waals surface area contributed by atoms with Gasteiger partial charge in [-0.1, -0.05) is 20.3 Å². The van der Waals surface area contributed by atoms with Gasteiger partial charge in [0.05, 0.1) is 0 Å². The van der Waals surface area contributed by atoms with Gasteiger partial charge < -0.3 is 14.9 Å². The number of carbonyl (C=O) groups excluding carboxylic acids is 1. The van der Waals surface area contributed by atoms with Crippen LogP contribution in [-0.2, 0) is 4.79 Å². The number of nitrogens with zero attached hydrogens (tertiary/aromatic N) is 2. The van der Waals surface area contributed by atoms with E-state index in [4.69, 9.17) is 0 Å². The molecule has 3 atom stereocenters. The number of carboxylic acids is 1. The lowest BCUT2D eigenvalue weighted by atomic mass is 9.91. The number of carbonyl (C=O) groups is 2. The van der Waals surface area contributed by atoms with E-state index in [1.165, 1.54) is 4.90 Å². The monoisotopic (exact) mass is 270 g/mol. The molecular weight excluding hydrogens is 244 g/mol. The fraction of sp³-hybridized carbons (Fsp3) is 0.857. The molecule has 0 saturated carbocycles. The molecule has 1 aliphatic rings. The molecule has 1 heterocycles. The van der Waals surface area contributed by atoms with Crippen LogP contribution >= 0.6 is 0 Å². The van der Waals surface area contributed by atoms with Crippen LogP contribution in [0.3, 0.4) is 0 Å². The van der Waals surface area contributed by atoms with Crippen LogP contribution in [0.25, 0.3) is 0 Å². The van der Waals surface area contributed by atoms with Gasteiger partial charge in [-0.05, 0) is 32.1 Å². The van der Waals surface area contributed by atoms with Gasteiger partial charge in [0, 0.05) is 19.6 Å². The maximum atomic E-state index is 12.5. The zero-order valence-electron chi connectivity index (χ0n) is 12.4. The maximum Gasteiger partial charge on any atom is 0.326 e. The molecule has 0 radical (unpaired) electrons. The molecule has 0 aromatic heterocycles. The highest BCUT2D eigenvalue weighted by atomic mass is 16.4. The molecule has 1 N–H and O–H groups in total. The van der Waals surface area contributed by atoms with E-state index in [1.54, 1.807) is 11.9 Å². The second kappa shape index (κ2) is 6.78. The molecule has 3 unspecified atom stereocenters. The fourth-order valence-corrected chi connectivity index (χ4v) is 2.78. The van der Waals surface area contributed by atoms with Crippen LogP contribution in [0.5, 0.6) is 0 Å². The Hall–Kier alpha value is -1.26. The summed E-state index contributed by atoms with van der Waals surface area (Å²) in [6, 6.07) is -0.693. The summed E-state index contributed by atoms with van der Waals surface area (Å²) in [7, 11) is 1.76. The molecule has 1 aliphatic heterocycles. The Bertz CT molecular complexity index is 333. The van der Waals surface area contributed by atoms with Gasteiger partial charge in [0.1, 0.15) is 6.04 Å². The Labute approximate surface area is 115 Å². The van der Waals surface area contributed by atoms with Crippen molar-refractivity contribution in [1.29, 1.82) is 0 Å². The number of hydrogen-bond donors (Lipinski definition) is 1. The van der Waals surface area contributed by atoms with Crippen molar-refractivity contribution in [3.8, 4) is 0 Å². The third kappa shape index (κ3) is 3.61. The highest BCUT2D eigenvalue weighted by Crippen LogP contribution is 2.25. The molecule has 1 rings (SSSR count). The average molecular weight is 270 g/mol. The molecule has 0 aromatic carbocycles. The Balaban J connectivity index is 2.80. The first-order chi connectivity index (χ1) is 8.90. The normalized spacial score (nSPS) is 24.9. The zero-order chi connectivity index (χ0) is 14.6. The van der Waals surface area contributed by atoms with Gasteiger partial charge in [-0.25, -0.2) is 9.59 Å². The second-order valence-corrected chi connectivity index (χ2v) is 5.63. The van der Waals surface area contributed by atoms with E-state index in [9.17, 15) is 14.7 Å². The molecule has 0 aromatic rings. The third-order valence-corrected chi connectivity index (χ3v) is 4.10. The van der Waals surface area contributed by atoms with Gasteiger partial charge in [-0.15, -0.1) is 0 Å². The molecule has 1 fully saturated rings. The van der Waals surface area contributed by atoms with Crippen LogP contribution < -0.4 is 0 Å². The molecule has 5 heteroatoms. The summed E-state index contributed by atoms with van der Waals surface area (Å²) in [6.45, 7) is 6.54. The SMILES string of the molecule is CCCC(C)N(C)C(=O)N1CCCC(C)C1C(=O)O. The van der Waals surface area contributed by atoms with Gasteiger partial charge in [-0.2, -0.15) is 0 Å². The van der Waals surface area contributed by atoms with E-state index in [2.05, 4.69) is 6.92 Å². The van der Waals surface area contributed by atoms with E-state index in [0.29, 0.717) is 6.54 Å². The van der Waals surface area contributed by atoms with Crippen molar-refractivity contribution in [2.75, 3.05) is 13.6 Å². The number of likely N-dealkylation sites (tertiary alicyclic amines) is 1. The smallest absolute Gasteiger partial charge is 0.326 e. The van der Waals surface area contributed by atoms with Crippen molar-refractivity contribution >= 4 is 12.0 Å². The summed E-state index contributed by atoms with van der Waals surface area (Å²) >= 11 is 0. The summed E-state index contributed by atoms with van der Waals surface area (Å²) in [5.74, 6) is -0.873. The highest BCUT2D eigenvalue weighted by Gasteiger charge is 2.38. The van der Waals surface area contributed by atoms with Crippen LogP contribution in [0.1, 0.15) is 46.5 Å².